The number of sulfonamides is 1. The molecular weight excluding hydrogens is 459 g/mol. The number of nitrogens with one attached hydrogen (secondary N) is 1. The number of nitrogens with zero attached hydrogens (tertiary/aromatic N) is 2. The Hall–Kier alpha value is -2.92. The van der Waals surface area contributed by atoms with Crippen LogP contribution in [0.1, 0.15) is 36.7 Å². The standard InChI is InChI=1S/C22H26F3N3O4S/c1-5-28(6-2)20-12-9-17(22(23,24)25)13-19(20)26-21(30)14-27(4)33(31,32)18-10-7-16(8-11-18)15(3)29/h7-13H,5-6,14H2,1-4H3,(H,26,30). The molecule has 33 heavy (non-hydrogen) atoms. The zero-order valence-electron chi connectivity index (χ0n) is 18.7. The molecule has 0 aliphatic rings. The number of anilines is 2. The summed E-state index contributed by atoms with van der Waals surface area (Å²) in [4.78, 5) is 25.6. The number of hydrogen-bond acceptors (Lipinski definition) is 5. The number of rotatable bonds is 9. The van der Waals surface area contributed by atoms with Gasteiger partial charge in [-0.05, 0) is 51.1 Å². The van der Waals surface area contributed by atoms with Crippen molar-refractivity contribution in [1.82, 2.24) is 4.31 Å². The van der Waals surface area contributed by atoms with E-state index in [1.54, 1.807) is 4.90 Å². The van der Waals surface area contributed by atoms with Gasteiger partial charge in [0.25, 0.3) is 0 Å². The van der Waals surface area contributed by atoms with E-state index in [9.17, 15) is 31.2 Å². The van der Waals surface area contributed by atoms with E-state index in [-0.39, 0.29) is 16.4 Å². The maximum absolute atomic E-state index is 13.2. The van der Waals surface area contributed by atoms with Gasteiger partial charge < -0.3 is 10.2 Å². The molecule has 180 valence electrons. The summed E-state index contributed by atoms with van der Waals surface area (Å²) < 4.78 is 65.9. The van der Waals surface area contributed by atoms with Crippen LogP contribution in [0.3, 0.4) is 0 Å². The zero-order valence-corrected chi connectivity index (χ0v) is 19.5. The molecule has 0 heterocycles. The average Bonchev–Trinajstić information content (AvgIpc) is 2.74. The van der Waals surface area contributed by atoms with Gasteiger partial charge in [-0.2, -0.15) is 17.5 Å². The Morgan fingerprint density at radius 3 is 2.06 bits per heavy atom. The van der Waals surface area contributed by atoms with Crippen molar-refractivity contribution in [2.45, 2.75) is 31.8 Å². The molecule has 7 nitrogen and oxygen atoms in total. The Morgan fingerprint density at radius 1 is 1.00 bits per heavy atom. The quantitative estimate of drug-likeness (QED) is 0.543. The van der Waals surface area contributed by atoms with Crippen LogP contribution in [0.5, 0.6) is 0 Å². The van der Waals surface area contributed by atoms with Gasteiger partial charge in [0.2, 0.25) is 15.9 Å². The van der Waals surface area contributed by atoms with Gasteiger partial charge in [0.15, 0.2) is 5.78 Å². The highest BCUT2D eigenvalue weighted by Gasteiger charge is 2.32. The average molecular weight is 486 g/mol. The van der Waals surface area contributed by atoms with E-state index < -0.39 is 34.2 Å². The molecule has 0 aromatic heterocycles. The maximum atomic E-state index is 13.2. The van der Waals surface area contributed by atoms with Gasteiger partial charge in [-0.25, -0.2) is 8.42 Å². The lowest BCUT2D eigenvalue weighted by atomic mass is 10.1. The zero-order chi connectivity index (χ0) is 25.0. The first-order valence-electron chi connectivity index (χ1n) is 10.1. The van der Waals surface area contributed by atoms with Crippen molar-refractivity contribution in [1.29, 1.82) is 0 Å². The molecule has 0 fully saturated rings. The van der Waals surface area contributed by atoms with E-state index in [0.29, 0.717) is 24.3 Å². The van der Waals surface area contributed by atoms with Crippen molar-refractivity contribution in [2.75, 3.05) is 36.9 Å². The number of likely N-dealkylation sites (N-methyl/N-ethyl adjacent to an activating group) is 1. The molecule has 0 unspecified atom stereocenters. The minimum absolute atomic E-state index is 0.0601. The first-order valence-corrected chi connectivity index (χ1v) is 11.6. The molecule has 0 radical (unpaired) electrons. The predicted octanol–water partition coefficient (Wildman–Crippen LogP) is 4.01. The van der Waals surface area contributed by atoms with Gasteiger partial charge in [-0.1, -0.05) is 12.1 Å². The van der Waals surface area contributed by atoms with E-state index in [0.717, 1.165) is 16.4 Å². The Morgan fingerprint density at radius 2 is 1.58 bits per heavy atom. The number of hydrogen-bond donors (Lipinski definition) is 1. The third kappa shape index (κ3) is 6.32. The minimum Gasteiger partial charge on any atom is -0.370 e. The smallest absolute Gasteiger partial charge is 0.370 e. The number of amides is 1. The van der Waals surface area contributed by atoms with Crippen LogP contribution in [0.2, 0.25) is 0 Å². The van der Waals surface area contributed by atoms with Crippen molar-refractivity contribution in [3.8, 4) is 0 Å². The number of ketones is 1. The van der Waals surface area contributed by atoms with Crippen LogP contribution in [0.4, 0.5) is 24.5 Å². The van der Waals surface area contributed by atoms with Crippen LogP contribution >= 0.6 is 0 Å². The van der Waals surface area contributed by atoms with Crippen LogP contribution in [0.15, 0.2) is 47.4 Å². The highest BCUT2D eigenvalue weighted by Crippen LogP contribution is 2.35. The highest BCUT2D eigenvalue weighted by atomic mass is 32.2. The predicted molar refractivity (Wildman–Crippen MR) is 120 cm³/mol. The summed E-state index contributed by atoms with van der Waals surface area (Å²) in [6.07, 6.45) is -4.60. The minimum atomic E-state index is -4.60. The van der Waals surface area contributed by atoms with Gasteiger partial charge in [0, 0.05) is 25.7 Å². The molecule has 2 aromatic rings. The SMILES string of the molecule is CCN(CC)c1ccc(C(F)(F)F)cc1NC(=O)CN(C)S(=O)(=O)c1ccc(C(C)=O)cc1. The van der Waals surface area contributed by atoms with Gasteiger partial charge in [-0.15, -0.1) is 0 Å². The molecule has 0 aliphatic carbocycles. The van der Waals surface area contributed by atoms with E-state index >= 15 is 0 Å². The van der Waals surface area contributed by atoms with Crippen LogP contribution in [0, 0.1) is 0 Å². The maximum Gasteiger partial charge on any atom is 0.416 e. The Kier molecular flexibility index (Phi) is 8.25. The third-order valence-electron chi connectivity index (χ3n) is 5.04. The van der Waals surface area contributed by atoms with Crippen LogP contribution in [-0.2, 0) is 21.0 Å². The summed E-state index contributed by atoms with van der Waals surface area (Å²) in [5, 5.41) is 2.42. The molecule has 0 saturated heterocycles. The number of benzene rings is 2. The summed E-state index contributed by atoms with van der Waals surface area (Å²) in [5.41, 5.74) is -0.259. The lowest BCUT2D eigenvalue weighted by Crippen LogP contribution is -2.35. The van der Waals surface area contributed by atoms with Crippen molar-refractivity contribution in [3.05, 3.63) is 53.6 Å². The normalized spacial score (nSPS) is 12.0. The van der Waals surface area contributed by atoms with Gasteiger partial charge in [0.1, 0.15) is 0 Å². The Bertz CT molecular complexity index is 1110. The van der Waals surface area contributed by atoms with E-state index in [2.05, 4.69) is 5.32 Å². The monoisotopic (exact) mass is 485 g/mol. The summed E-state index contributed by atoms with van der Waals surface area (Å²) in [7, 11) is -2.88. The fourth-order valence-corrected chi connectivity index (χ4v) is 4.30. The molecule has 11 heteroatoms. The van der Waals surface area contributed by atoms with E-state index in [1.807, 2.05) is 13.8 Å². The van der Waals surface area contributed by atoms with Crippen molar-refractivity contribution >= 4 is 33.1 Å². The summed E-state index contributed by atoms with van der Waals surface area (Å²) in [5.74, 6) is -1.02. The van der Waals surface area contributed by atoms with Crippen LogP contribution in [-0.4, -0.2) is 51.1 Å². The molecule has 1 amide bonds. The van der Waals surface area contributed by atoms with Gasteiger partial charge in [-0.3, -0.25) is 9.59 Å². The lowest BCUT2D eigenvalue weighted by molar-refractivity contribution is -0.137. The largest absolute Gasteiger partial charge is 0.416 e. The van der Waals surface area contributed by atoms with Crippen LogP contribution in [0.25, 0.3) is 0 Å². The number of carbonyl (C=O) groups is 2. The van der Waals surface area contributed by atoms with Crippen molar-refractivity contribution in [2.24, 2.45) is 0 Å². The molecule has 0 saturated carbocycles. The van der Waals surface area contributed by atoms with Gasteiger partial charge >= 0.3 is 6.18 Å². The second-order valence-electron chi connectivity index (χ2n) is 7.29. The van der Waals surface area contributed by atoms with Crippen molar-refractivity contribution in [3.63, 3.8) is 0 Å². The number of alkyl halides is 3. The molecule has 0 aliphatic heterocycles. The Labute approximate surface area is 191 Å². The fraction of sp³-hybridized carbons (Fsp3) is 0.364. The molecule has 1 N–H and O–H groups in total. The molecule has 0 spiro atoms. The second kappa shape index (κ2) is 10.3. The number of halogens is 3. The van der Waals surface area contributed by atoms with E-state index in [4.69, 9.17) is 0 Å². The summed E-state index contributed by atoms with van der Waals surface area (Å²) in [6, 6.07) is 8.29. The topological polar surface area (TPSA) is 86.8 Å². The molecule has 2 aromatic carbocycles. The summed E-state index contributed by atoms with van der Waals surface area (Å²) >= 11 is 0. The summed E-state index contributed by atoms with van der Waals surface area (Å²) in [6.45, 7) is 5.37. The first-order chi connectivity index (χ1) is 15.3. The third-order valence-corrected chi connectivity index (χ3v) is 6.86. The highest BCUT2D eigenvalue weighted by molar-refractivity contribution is 7.89. The Balaban J connectivity index is 2.27. The first kappa shape index (κ1) is 26.3. The molecule has 0 bridgehead atoms. The molecule has 2 rings (SSSR count). The lowest BCUT2D eigenvalue weighted by Gasteiger charge is -2.25. The molecular formula is C22H26F3N3O4S. The van der Waals surface area contributed by atoms with E-state index in [1.165, 1.54) is 44.3 Å². The molecule has 0 atom stereocenters. The fourth-order valence-electron chi connectivity index (χ4n) is 3.17. The van der Waals surface area contributed by atoms with Crippen LogP contribution < -0.4 is 10.2 Å². The van der Waals surface area contributed by atoms with Gasteiger partial charge in [0.05, 0.1) is 28.4 Å². The number of Topliss-reactive ketones (excluding diaryl/α,β-unsaturated/α-hetero) is 1. The van der Waals surface area contributed by atoms with Crippen molar-refractivity contribution < 1.29 is 31.2 Å². The number of carbonyl (C=O) groups excluding carboxylic acids is 2. The second-order valence-corrected chi connectivity index (χ2v) is 9.34.